The van der Waals surface area contributed by atoms with Gasteiger partial charge in [-0.15, -0.1) is 0 Å². The maximum atomic E-state index is 4.51. The van der Waals surface area contributed by atoms with Gasteiger partial charge in [0.25, 0.3) is 0 Å². The van der Waals surface area contributed by atoms with Gasteiger partial charge in [0.1, 0.15) is 0 Å². The molecular weight excluding hydrogens is 1550 g/mol. The van der Waals surface area contributed by atoms with E-state index in [2.05, 4.69) is 462 Å². The zero-order valence-corrected chi connectivity index (χ0v) is 70.7. The minimum Gasteiger partial charge on any atom is -0.376 e. The summed E-state index contributed by atoms with van der Waals surface area (Å²) in [6, 6.07) is 157. The molecule has 26 rings (SSSR count). The van der Waals surface area contributed by atoms with E-state index in [9.17, 15) is 0 Å². The zero-order chi connectivity index (χ0) is 84.9. The molecule has 596 valence electrons. The summed E-state index contributed by atoms with van der Waals surface area (Å²) in [5.41, 5.74) is 52.3. The Bertz CT molecular complexity index is 7760. The maximum Gasteiger partial charge on any atom is 0.329 e. The summed E-state index contributed by atoms with van der Waals surface area (Å²) in [5, 5.41) is 0. The van der Waals surface area contributed by atoms with E-state index in [0.717, 1.165) is 17.0 Å². The fourth-order valence-corrected chi connectivity index (χ4v) is 20.9. The van der Waals surface area contributed by atoms with Crippen LogP contribution in [0.1, 0.15) is 11.3 Å². The van der Waals surface area contributed by atoms with Crippen LogP contribution < -0.4 is 47.2 Å². The van der Waals surface area contributed by atoms with Crippen LogP contribution in [0.5, 0.6) is 0 Å². The number of hydrogen-bond acceptors (Lipinski definition) is 6. The molecule has 0 spiro atoms. The normalized spacial score (nSPS) is 12.5. The first kappa shape index (κ1) is 75.5. The van der Waals surface area contributed by atoms with E-state index >= 15 is 0 Å². The molecule has 20 aromatic rings. The van der Waals surface area contributed by atoms with Crippen molar-refractivity contribution in [1.82, 2.24) is 15.0 Å². The van der Waals surface area contributed by atoms with Gasteiger partial charge in [0, 0.05) is 109 Å². The lowest BCUT2D eigenvalue weighted by molar-refractivity contribution is 1.20. The third-order valence-corrected chi connectivity index (χ3v) is 26.9. The predicted octanol–water partition coefficient (Wildman–Crippen LogP) is 25.9. The molecule has 0 atom stereocenters. The number of rotatable bonds is 8. The molecule has 0 fully saturated rings. The first-order chi connectivity index (χ1) is 63.3. The van der Waals surface area contributed by atoms with Crippen LogP contribution in [-0.2, 0) is 0 Å². The average molecular weight is 1630 g/mol. The third kappa shape index (κ3) is 12.9. The van der Waals surface area contributed by atoms with E-state index in [1.807, 2.05) is 36.9 Å². The van der Waals surface area contributed by atoms with Crippen LogP contribution in [0.4, 0.5) is 34.1 Å². The smallest absolute Gasteiger partial charge is 0.329 e. The van der Waals surface area contributed by atoms with Crippen molar-refractivity contribution in [2.45, 2.75) is 13.8 Å². The van der Waals surface area contributed by atoms with Gasteiger partial charge in [0.2, 0.25) is 0 Å². The third-order valence-electron chi connectivity index (χ3n) is 26.9. The number of aromatic nitrogens is 3. The zero-order valence-electron chi connectivity index (χ0n) is 70.7. The second-order valence-corrected chi connectivity index (χ2v) is 34.1. The van der Waals surface area contributed by atoms with Gasteiger partial charge in [-0.2, -0.15) is 0 Å². The Balaban J connectivity index is 0.000000107. The van der Waals surface area contributed by atoms with Crippen LogP contribution in [-0.4, -0.2) is 35.5 Å². The van der Waals surface area contributed by atoms with E-state index < -0.39 is 0 Å². The molecule has 0 aliphatic carbocycles. The number of pyridine rings is 3. The van der Waals surface area contributed by atoms with Gasteiger partial charge >= 0.3 is 20.5 Å². The highest BCUT2D eigenvalue weighted by molar-refractivity contribution is 6.94. The minimum absolute atomic E-state index is 0.0401. The Morgan fingerprint density at radius 2 is 0.484 bits per heavy atom. The first-order valence-corrected chi connectivity index (χ1v) is 44.2. The Labute approximate surface area is 748 Å². The molecule has 17 aromatic carbocycles. The summed E-state index contributed by atoms with van der Waals surface area (Å²) in [7, 11) is 0. The molecule has 128 heavy (non-hydrogen) atoms. The van der Waals surface area contributed by atoms with Crippen molar-refractivity contribution in [3.05, 3.63) is 467 Å². The van der Waals surface area contributed by atoms with Gasteiger partial charge in [-0.3, -0.25) is 15.0 Å². The molecular formula is C119H81B3N6. The highest BCUT2D eigenvalue weighted by Crippen LogP contribution is 2.53. The van der Waals surface area contributed by atoms with Crippen LogP contribution in [0.15, 0.2) is 455 Å². The van der Waals surface area contributed by atoms with Crippen molar-refractivity contribution in [1.29, 1.82) is 0 Å². The molecule has 0 amide bonds. The number of para-hydroxylation sites is 2. The van der Waals surface area contributed by atoms with E-state index in [1.165, 1.54) is 217 Å². The van der Waals surface area contributed by atoms with Gasteiger partial charge in [0.15, 0.2) is 0 Å². The van der Waals surface area contributed by atoms with Crippen molar-refractivity contribution in [2.24, 2.45) is 0 Å². The Hall–Kier alpha value is -16.2. The Morgan fingerprint density at radius 3 is 0.898 bits per heavy atom. The molecule has 6 aliphatic rings. The molecule has 9 heterocycles. The second-order valence-electron chi connectivity index (χ2n) is 34.1. The summed E-state index contributed by atoms with van der Waals surface area (Å²) in [6.07, 6.45) is 7.62. The molecule has 0 N–H and O–H groups in total. The van der Waals surface area contributed by atoms with E-state index in [-0.39, 0.29) is 20.5 Å². The first-order valence-electron chi connectivity index (χ1n) is 44.2. The fraction of sp³-hybridized carbons (Fsp3) is 0.0168. The summed E-state index contributed by atoms with van der Waals surface area (Å²) in [5.74, 6) is 0. The molecule has 3 aromatic heterocycles. The van der Waals surface area contributed by atoms with Crippen molar-refractivity contribution in [3.63, 3.8) is 0 Å². The van der Waals surface area contributed by atoms with Gasteiger partial charge in [-0.25, -0.2) is 0 Å². The molecule has 6 nitrogen and oxygen atoms in total. The lowest BCUT2D eigenvalue weighted by atomic mass is 9.43. The fourth-order valence-electron chi connectivity index (χ4n) is 20.9. The average Bonchev–Trinajstić information content (AvgIpc) is 0.714. The van der Waals surface area contributed by atoms with Crippen LogP contribution in [0, 0.1) is 13.8 Å². The van der Waals surface area contributed by atoms with Crippen LogP contribution in [0.2, 0.25) is 0 Å². The highest BCUT2D eigenvalue weighted by atomic mass is 15.1. The van der Waals surface area contributed by atoms with Crippen LogP contribution >= 0.6 is 0 Å². The molecule has 0 radical (unpaired) electrons. The predicted molar refractivity (Wildman–Crippen MR) is 539 cm³/mol. The summed E-state index contributed by atoms with van der Waals surface area (Å²) >= 11 is 0. The number of aryl methyl sites for hydroxylation is 2. The van der Waals surface area contributed by atoms with Gasteiger partial charge in [0.05, 0.1) is 5.69 Å². The SMILES string of the molecule is Cc1cc(-c2ccc3c(c2)B2c4ccccc4-c4cc(-c5ccccc5)ccc4N2c2ccc(-c4ccccc4)cc2-3)ccn1.Cc1ccncc1-c1ccc2c(c1)B1c3ccccc3-c3cc(-c4ccccc4)ccc3N1c1ccc(-c3ccccc3)cc1-2.c1ccc(-c2ccc(-c3ccc4c(c3)B3c5ccccc5-c5ccccc5N3c3ccccc3-4)cc2)nc1. The molecule has 6 aliphatic heterocycles. The van der Waals surface area contributed by atoms with Gasteiger partial charge in [-0.05, 0) is 249 Å². The van der Waals surface area contributed by atoms with Crippen molar-refractivity contribution in [2.75, 3.05) is 14.4 Å². The van der Waals surface area contributed by atoms with Crippen molar-refractivity contribution >= 4 is 87.4 Å². The minimum atomic E-state index is 0.0401. The number of hydrogen-bond donors (Lipinski definition) is 0. The maximum absolute atomic E-state index is 4.51. The number of fused-ring (bicyclic) bond motifs is 33. The molecule has 0 saturated carbocycles. The Kier molecular flexibility index (Phi) is 18.6. The monoisotopic (exact) mass is 1630 g/mol. The highest BCUT2D eigenvalue weighted by Gasteiger charge is 2.46. The van der Waals surface area contributed by atoms with E-state index in [1.54, 1.807) is 0 Å². The van der Waals surface area contributed by atoms with Crippen LogP contribution in [0.25, 0.3) is 156 Å². The van der Waals surface area contributed by atoms with E-state index in [0.29, 0.717) is 0 Å². The molecule has 0 bridgehead atoms. The van der Waals surface area contributed by atoms with Gasteiger partial charge in [-0.1, -0.05) is 340 Å². The largest absolute Gasteiger partial charge is 0.376 e. The lowest BCUT2D eigenvalue weighted by Gasteiger charge is -2.43. The van der Waals surface area contributed by atoms with Crippen molar-refractivity contribution < 1.29 is 0 Å². The molecule has 0 saturated heterocycles. The standard InChI is InChI=1S/2C42H29BN2.C35H23BN2/c1-28-24-34(22-23-44-28)33-16-19-36-38-26-32(30-12-6-3-7-13-30)18-21-42(38)45-41-20-17-31(29-10-4-2-5-11-29)25-37(41)35-14-8-9-15-39(35)43(45)40(36)27-33;1-28-22-23-44-27-38(28)33-16-19-35-37-25-32(30-12-6-3-7-13-30)18-21-42(37)45-41-20-17-31(29-10-4-2-5-11-29)24-36(41)34-14-8-9-15-39(34)43(45)40(35)26-33;1-4-12-31-27(9-1)29-10-2-5-14-34(29)38-35-15-6-3-11-30(35)28-21-20-26(23-32(28)36(31)38)24-16-18-25(19-17-24)33-13-7-8-22-37-33/h2*2-27H,1H3;1-23H. The Morgan fingerprint density at radius 1 is 0.180 bits per heavy atom. The number of benzene rings is 17. The lowest BCUT2D eigenvalue weighted by Crippen LogP contribution is -2.59. The quantitative estimate of drug-likeness (QED) is 0.141. The molecule has 9 heteroatoms. The summed E-state index contributed by atoms with van der Waals surface area (Å²) < 4.78 is 0. The summed E-state index contributed by atoms with van der Waals surface area (Å²) in [6.45, 7) is 4.42. The van der Waals surface area contributed by atoms with Crippen LogP contribution in [0.3, 0.4) is 0 Å². The topological polar surface area (TPSA) is 48.4 Å². The van der Waals surface area contributed by atoms with Crippen molar-refractivity contribution in [3.8, 4) is 156 Å². The van der Waals surface area contributed by atoms with Gasteiger partial charge < -0.3 is 14.4 Å². The number of nitrogens with zero attached hydrogens (tertiary/aromatic N) is 6. The molecule has 0 unspecified atom stereocenters. The second kappa shape index (κ2) is 31.5. The summed E-state index contributed by atoms with van der Waals surface area (Å²) in [4.78, 5) is 21.2. The number of anilines is 6. The van der Waals surface area contributed by atoms with E-state index in [4.69, 9.17) is 0 Å².